The second-order valence-electron chi connectivity index (χ2n) is 3.98. The van der Waals surface area contributed by atoms with Crippen LogP contribution in [-0.4, -0.2) is 5.78 Å². The van der Waals surface area contributed by atoms with Gasteiger partial charge in [0.05, 0.1) is 0 Å². The molecule has 0 aliphatic rings. The van der Waals surface area contributed by atoms with E-state index in [1.807, 2.05) is 0 Å². The van der Waals surface area contributed by atoms with Gasteiger partial charge in [0.25, 0.3) is 0 Å². The summed E-state index contributed by atoms with van der Waals surface area (Å²) in [4.78, 5) is 12.0. The molecule has 92 valence electrons. The van der Waals surface area contributed by atoms with Crippen molar-refractivity contribution in [2.75, 3.05) is 0 Å². The Kier molecular flexibility index (Phi) is 3.19. The van der Waals surface area contributed by atoms with Gasteiger partial charge in [0.2, 0.25) is 0 Å². The minimum absolute atomic E-state index is 0.0149. The quantitative estimate of drug-likeness (QED) is 0.743. The highest BCUT2D eigenvalue weighted by molar-refractivity contribution is 6.09. The number of hydrogen-bond donors (Lipinski definition) is 0. The fourth-order valence-electron chi connectivity index (χ4n) is 1.67. The van der Waals surface area contributed by atoms with Crippen molar-refractivity contribution in [1.29, 1.82) is 0 Å². The van der Waals surface area contributed by atoms with Crippen molar-refractivity contribution in [3.05, 3.63) is 70.5 Å². The first-order valence-corrected chi connectivity index (χ1v) is 5.24. The smallest absolute Gasteiger partial charge is 0.193 e. The van der Waals surface area contributed by atoms with Crippen LogP contribution in [0.4, 0.5) is 13.2 Å². The van der Waals surface area contributed by atoms with Gasteiger partial charge in [-0.25, -0.2) is 13.2 Å². The minimum Gasteiger partial charge on any atom is -0.289 e. The summed E-state index contributed by atoms with van der Waals surface area (Å²) < 4.78 is 38.9. The van der Waals surface area contributed by atoms with Crippen molar-refractivity contribution < 1.29 is 18.0 Å². The highest BCUT2D eigenvalue weighted by Gasteiger charge is 2.13. The van der Waals surface area contributed by atoms with Crippen LogP contribution >= 0.6 is 0 Å². The van der Waals surface area contributed by atoms with Gasteiger partial charge in [-0.2, -0.15) is 0 Å². The number of benzene rings is 2. The maximum atomic E-state index is 13.2. The number of halogens is 3. The van der Waals surface area contributed by atoms with Gasteiger partial charge >= 0.3 is 0 Å². The lowest BCUT2D eigenvalue weighted by Gasteiger charge is -2.03. The molecule has 0 aliphatic carbocycles. The maximum Gasteiger partial charge on any atom is 0.193 e. The molecule has 2 rings (SSSR count). The van der Waals surface area contributed by atoms with Gasteiger partial charge in [0.1, 0.15) is 5.82 Å². The Morgan fingerprint density at radius 3 is 2.22 bits per heavy atom. The summed E-state index contributed by atoms with van der Waals surface area (Å²) in [6, 6.07) is 6.68. The second-order valence-corrected chi connectivity index (χ2v) is 3.98. The number of hydrogen-bond acceptors (Lipinski definition) is 1. The molecule has 2 aromatic carbocycles. The van der Waals surface area contributed by atoms with Crippen LogP contribution in [0, 0.1) is 24.4 Å². The molecular weight excluding hydrogens is 241 g/mol. The SMILES string of the molecule is Cc1cc(F)cc(C(=O)c2ccc(F)c(F)c2)c1. The van der Waals surface area contributed by atoms with Crippen LogP contribution in [0.5, 0.6) is 0 Å². The lowest BCUT2D eigenvalue weighted by Crippen LogP contribution is -2.03. The zero-order valence-electron chi connectivity index (χ0n) is 9.51. The van der Waals surface area contributed by atoms with Gasteiger partial charge in [-0.05, 0) is 48.9 Å². The van der Waals surface area contributed by atoms with E-state index in [0.29, 0.717) is 5.56 Å². The molecule has 0 N–H and O–H groups in total. The Bertz CT molecular complexity index is 600. The van der Waals surface area contributed by atoms with Crippen molar-refractivity contribution in [3.63, 3.8) is 0 Å². The zero-order chi connectivity index (χ0) is 13.3. The minimum atomic E-state index is -1.10. The molecule has 0 amide bonds. The molecule has 0 aliphatic heterocycles. The van der Waals surface area contributed by atoms with E-state index < -0.39 is 23.2 Å². The van der Waals surface area contributed by atoms with Crippen LogP contribution < -0.4 is 0 Å². The monoisotopic (exact) mass is 250 g/mol. The zero-order valence-corrected chi connectivity index (χ0v) is 9.51. The van der Waals surface area contributed by atoms with Crippen LogP contribution in [0.3, 0.4) is 0 Å². The summed E-state index contributed by atoms with van der Waals surface area (Å²) in [5.41, 5.74) is 0.679. The molecule has 0 bridgehead atoms. The van der Waals surface area contributed by atoms with Crippen LogP contribution in [0.25, 0.3) is 0 Å². The number of carbonyl (C=O) groups is 1. The molecular formula is C14H9F3O. The summed E-state index contributed by atoms with van der Waals surface area (Å²) in [7, 11) is 0. The summed E-state index contributed by atoms with van der Waals surface area (Å²) in [5.74, 6) is -3.21. The van der Waals surface area contributed by atoms with Crippen LogP contribution in [0.15, 0.2) is 36.4 Å². The van der Waals surface area contributed by atoms with E-state index in [1.54, 1.807) is 6.92 Å². The normalized spacial score (nSPS) is 10.4. The predicted molar refractivity (Wildman–Crippen MR) is 60.9 cm³/mol. The van der Waals surface area contributed by atoms with Gasteiger partial charge in [-0.1, -0.05) is 0 Å². The molecule has 0 aromatic heterocycles. The van der Waals surface area contributed by atoms with E-state index in [4.69, 9.17) is 0 Å². The third kappa shape index (κ3) is 2.42. The number of aryl methyl sites for hydroxylation is 1. The molecule has 0 atom stereocenters. The Morgan fingerprint density at radius 1 is 0.889 bits per heavy atom. The molecule has 0 spiro atoms. The van der Waals surface area contributed by atoms with Crippen molar-refractivity contribution in [3.8, 4) is 0 Å². The first-order chi connectivity index (χ1) is 8.47. The van der Waals surface area contributed by atoms with E-state index in [-0.39, 0.29) is 11.1 Å². The molecule has 0 saturated heterocycles. The molecule has 0 heterocycles. The third-order valence-corrected chi connectivity index (χ3v) is 2.49. The molecule has 0 saturated carbocycles. The average molecular weight is 250 g/mol. The number of carbonyl (C=O) groups excluding carboxylic acids is 1. The molecule has 0 fully saturated rings. The van der Waals surface area contributed by atoms with E-state index in [9.17, 15) is 18.0 Å². The largest absolute Gasteiger partial charge is 0.289 e. The van der Waals surface area contributed by atoms with Gasteiger partial charge in [-0.3, -0.25) is 4.79 Å². The lowest BCUT2D eigenvalue weighted by molar-refractivity contribution is 0.103. The van der Waals surface area contributed by atoms with Gasteiger partial charge in [0, 0.05) is 11.1 Å². The highest BCUT2D eigenvalue weighted by Crippen LogP contribution is 2.16. The Balaban J connectivity index is 2.44. The van der Waals surface area contributed by atoms with Crippen LogP contribution in [-0.2, 0) is 0 Å². The standard InChI is InChI=1S/C14H9F3O/c1-8-4-10(6-11(15)5-8)14(18)9-2-3-12(16)13(17)7-9/h2-7H,1H3. The Morgan fingerprint density at radius 2 is 1.61 bits per heavy atom. The summed E-state index contributed by atoms with van der Waals surface area (Å²) >= 11 is 0. The van der Waals surface area contributed by atoms with Gasteiger partial charge < -0.3 is 0 Å². The number of rotatable bonds is 2. The van der Waals surface area contributed by atoms with Crippen LogP contribution in [0.2, 0.25) is 0 Å². The van der Waals surface area contributed by atoms with Crippen molar-refractivity contribution >= 4 is 5.78 Å². The van der Waals surface area contributed by atoms with Crippen LogP contribution in [0.1, 0.15) is 21.5 Å². The molecule has 1 nitrogen and oxygen atoms in total. The summed E-state index contributed by atoms with van der Waals surface area (Å²) in [6.45, 7) is 1.64. The fraction of sp³-hybridized carbons (Fsp3) is 0.0714. The molecule has 0 unspecified atom stereocenters. The van der Waals surface area contributed by atoms with Gasteiger partial charge in [-0.15, -0.1) is 0 Å². The molecule has 18 heavy (non-hydrogen) atoms. The van der Waals surface area contributed by atoms with Crippen molar-refractivity contribution in [1.82, 2.24) is 0 Å². The molecule has 2 aromatic rings. The van der Waals surface area contributed by atoms with E-state index in [0.717, 1.165) is 18.2 Å². The Hall–Kier alpha value is -2.10. The van der Waals surface area contributed by atoms with Crippen molar-refractivity contribution in [2.45, 2.75) is 6.92 Å². The van der Waals surface area contributed by atoms with Crippen molar-refractivity contribution in [2.24, 2.45) is 0 Å². The third-order valence-electron chi connectivity index (χ3n) is 2.49. The maximum absolute atomic E-state index is 13.2. The Labute approximate surface area is 102 Å². The summed E-state index contributed by atoms with van der Waals surface area (Å²) in [6.07, 6.45) is 0. The molecule has 4 heteroatoms. The van der Waals surface area contributed by atoms with E-state index in [2.05, 4.69) is 0 Å². The summed E-state index contributed by atoms with van der Waals surface area (Å²) in [5, 5.41) is 0. The topological polar surface area (TPSA) is 17.1 Å². The number of ketones is 1. The van der Waals surface area contributed by atoms with Gasteiger partial charge in [0.15, 0.2) is 17.4 Å². The predicted octanol–water partition coefficient (Wildman–Crippen LogP) is 3.64. The van der Waals surface area contributed by atoms with E-state index >= 15 is 0 Å². The lowest BCUT2D eigenvalue weighted by atomic mass is 10.0. The van der Waals surface area contributed by atoms with E-state index in [1.165, 1.54) is 18.2 Å². The second kappa shape index (κ2) is 4.64. The molecule has 0 radical (unpaired) electrons. The highest BCUT2D eigenvalue weighted by atomic mass is 19.2. The average Bonchev–Trinajstić information content (AvgIpc) is 2.30. The fourth-order valence-corrected chi connectivity index (χ4v) is 1.67. The first-order valence-electron chi connectivity index (χ1n) is 5.24. The first kappa shape index (κ1) is 12.4.